The molecule has 1 aromatic carbocycles. The van der Waals surface area contributed by atoms with Gasteiger partial charge in [0.15, 0.2) is 0 Å². The lowest BCUT2D eigenvalue weighted by atomic mass is 9.94. The van der Waals surface area contributed by atoms with Crippen LogP contribution in [0.25, 0.3) is 0 Å². The Kier molecular flexibility index (Phi) is 6.30. The molecule has 1 atom stereocenters. The summed E-state index contributed by atoms with van der Waals surface area (Å²) in [5.41, 5.74) is 2.05. The van der Waals surface area contributed by atoms with Crippen LogP contribution in [0.2, 0.25) is 0 Å². The van der Waals surface area contributed by atoms with Gasteiger partial charge in [0.05, 0.1) is 6.04 Å². The number of carbonyl (C=O) groups excluding carboxylic acids is 2. The number of amides is 2. The van der Waals surface area contributed by atoms with Crippen LogP contribution in [0.1, 0.15) is 44.6 Å². The molecule has 1 saturated carbocycles. The van der Waals surface area contributed by atoms with Gasteiger partial charge in [-0.1, -0.05) is 37.5 Å². The maximum Gasteiger partial charge on any atom is 0.242 e. The summed E-state index contributed by atoms with van der Waals surface area (Å²) in [5.74, 6) is 0.746. The number of carbonyl (C=O) groups is 2. The summed E-state index contributed by atoms with van der Waals surface area (Å²) in [5, 5.41) is 3.13. The van der Waals surface area contributed by atoms with E-state index in [-0.39, 0.29) is 17.9 Å². The average molecular weight is 357 g/mol. The molecule has 5 heteroatoms. The van der Waals surface area contributed by atoms with Crippen LogP contribution in [0.3, 0.4) is 0 Å². The number of benzene rings is 1. The number of rotatable bonds is 5. The highest BCUT2D eigenvalue weighted by molar-refractivity contribution is 5.95. The van der Waals surface area contributed by atoms with Gasteiger partial charge in [-0.05, 0) is 37.8 Å². The van der Waals surface area contributed by atoms with E-state index in [1.807, 2.05) is 43.0 Å². The molecule has 1 heterocycles. The Morgan fingerprint density at radius 3 is 2.27 bits per heavy atom. The van der Waals surface area contributed by atoms with Crippen LogP contribution in [0.5, 0.6) is 0 Å². The molecule has 2 fully saturated rings. The summed E-state index contributed by atoms with van der Waals surface area (Å²) >= 11 is 0. The SMILES string of the molecule is CCC(=O)N1CCN(C(C(=O)Nc2ccc(C)cc2)C2CCCC2)CC1. The van der Waals surface area contributed by atoms with Crippen molar-refractivity contribution in [1.29, 1.82) is 0 Å². The van der Waals surface area contributed by atoms with Crippen LogP contribution in [-0.2, 0) is 9.59 Å². The summed E-state index contributed by atoms with van der Waals surface area (Å²) < 4.78 is 0. The fourth-order valence-electron chi connectivity index (χ4n) is 4.28. The largest absolute Gasteiger partial charge is 0.340 e. The van der Waals surface area contributed by atoms with Crippen molar-refractivity contribution >= 4 is 17.5 Å². The Labute approximate surface area is 156 Å². The molecule has 1 aromatic rings. The van der Waals surface area contributed by atoms with Gasteiger partial charge in [-0.2, -0.15) is 0 Å². The predicted molar refractivity (Wildman–Crippen MR) is 104 cm³/mol. The van der Waals surface area contributed by atoms with Gasteiger partial charge < -0.3 is 10.2 Å². The summed E-state index contributed by atoms with van der Waals surface area (Å²) in [4.78, 5) is 29.3. The number of hydrogen-bond donors (Lipinski definition) is 1. The lowest BCUT2D eigenvalue weighted by Crippen LogP contribution is -2.56. The summed E-state index contributed by atoms with van der Waals surface area (Å²) in [6.07, 6.45) is 5.24. The quantitative estimate of drug-likeness (QED) is 0.881. The Balaban J connectivity index is 1.68. The minimum absolute atomic E-state index is 0.0855. The number of piperazine rings is 1. The Morgan fingerprint density at radius 1 is 1.08 bits per heavy atom. The first kappa shape index (κ1) is 18.9. The Bertz CT molecular complexity index is 615. The zero-order valence-electron chi connectivity index (χ0n) is 16.0. The molecule has 0 bridgehead atoms. The lowest BCUT2D eigenvalue weighted by Gasteiger charge is -2.40. The van der Waals surface area contributed by atoms with E-state index >= 15 is 0 Å². The highest BCUT2D eigenvalue weighted by Gasteiger charge is 2.37. The van der Waals surface area contributed by atoms with Crippen molar-refractivity contribution < 1.29 is 9.59 Å². The Morgan fingerprint density at radius 2 is 1.69 bits per heavy atom. The van der Waals surface area contributed by atoms with E-state index in [2.05, 4.69) is 10.2 Å². The summed E-state index contributed by atoms with van der Waals surface area (Å²) in [6, 6.07) is 7.90. The highest BCUT2D eigenvalue weighted by atomic mass is 16.2. The molecule has 1 aliphatic heterocycles. The zero-order valence-corrected chi connectivity index (χ0v) is 16.0. The molecule has 0 radical (unpaired) electrons. The van der Waals surface area contributed by atoms with Crippen LogP contribution >= 0.6 is 0 Å². The molecule has 1 unspecified atom stereocenters. The minimum Gasteiger partial charge on any atom is -0.340 e. The van der Waals surface area contributed by atoms with E-state index < -0.39 is 0 Å². The van der Waals surface area contributed by atoms with Gasteiger partial charge in [0.25, 0.3) is 0 Å². The molecule has 1 N–H and O–H groups in total. The minimum atomic E-state index is -0.0855. The normalized spacial score (nSPS) is 20.2. The van der Waals surface area contributed by atoms with Crippen LogP contribution in [-0.4, -0.2) is 53.8 Å². The monoisotopic (exact) mass is 357 g/mol. The van der Waals surface area contributed by atoms with E-state index in [0.717, 1.165) is 44.7 Å². The van der Waals surface area contributed by atoms with Gasteiger partial charge >= 0.3 is 0 Å². The van der Waals surface area contributed by atoms with Gasteiger partial charge in [0.1, 0.15) is 0 Å². The lowest BCUT2D eigenvalue weighted by molar-refractivity contribution is -0.134. The zero-order chi connectivity index (χ0) is 18.5. The Hall–Kier alpha value is -1.88. The van der Waals surface area contributed by atoms with Gasteiger partial charge in [0.2, 0.25) is 11.8 Å². The molecule has 2 amide bonds. The number of anilines is 1. The van der Waals surface area contributed by atoms with E-state index in [9.17, 15) is 9.59 Å². The maximum absolute atomic E-state index is 13.1. The van der Waals surface area contributed by atoms with Gasteiger partial charge in [0, 0.05) is 38.3 Å². The van der Waals surface area contributed by atoms with Crippen molar-refractivity contribution in [3.05, 3.63) is 29.8 Å². The average Bonchev–Trinajstić information content (AvgIpc) is 3.18. The topological polar surface area (TPSA) is 52.7 Å². The third-order valence-electron chi connectivity index (χ3n) is 5.80. The second kappa shape index (κ2) is 8.67. The molecular weight excluding hydrogens is 326 g/mol. The third kappa shape index (κ3) is 4.44. The van der Waals surface area contributed by atoms with E-state index in [0.29, 0.717) is 12.3 Å². The van der Waals surface area contributed by atoms with E-state index in [1.54, 1.807) is 0 Å². The van der Waals surface area contributed by atoms with Gasteiger partial charge in [-0.25, -0.2) is 0 Å². The van der Waals surface area contributed by atoms with Crippen LogP contribution in [0.15, 0.2) is 24.3 Å². The third-order valence-corrected chi connectivity index (χ3v) is 5.80. The second-order valence-electron chi connectivity index (χ2n) is 7.61. The van der Waals surface area contributed by atoms with Gasteiger partial charge in [-0.15, -0.1) is 0 Å². The van der Waals surface area contributed by atoms with E-state index in [1.165, 1.54) is 18.4 Å². The molecular formula is C21H31N3O2. The molecule has 3 rings (SSSR count). The van der Waals surface area contributed by atoms with Crippen molar-refractivity contribution in [1.82, 2.24) is 9.80 Å². The number of hydrogen-bond acceptors (Lipinski definition) is 3. The van der Waals surface area contributed by atoms with Crippen molar-refractivity contribution in [3.8, 4) is 0 Å². The van der Waals surface area contributed by atoms with Crippen LogP contribution < -0.4 is 5.32 Å². The molecule has 1 saturated heterocycles. The molecule has 0 aromatic heterocycles. The standard InChI is InChI=1S/C21H31N3O2/c1-3-19(25)23-12-14-24(15-13-23)20(17-6-4-5-7-17)21(26)22-18-10-8-16(2)9-11-18/h8-11,17,20H,3-7,12-15H2,1-2H3,(H,22,26). The van der Waals surface area contributed by atoms with Crippen LogP contribution in [0, 0.1) is 12.8 Å². The molecule has 0 spiro atoms. The molecule has 2 aliphatic rings. The molecule has 1 aliphatic carbocycles. The predicted octanol–water partition coefficient (Wildman–Crippen LogP) is 3.05. The van der Waals surface area contributed by atoms with Crippen molar-refractivity contribution in [2.45, 2.75) is 52.0 Å². The fraction of sp³-hybridized carbons (Fsp3) is 0.619. The van der Waals surface area contributed by atoms with Gasteiger partial charge in [-0.3, -0.25) is 14.5 Å². The van der Waals surface area contributed by atoms with E-state index in [4.69, 9.17) is 0 Å². The maximum atomic E-state index is 13.1. The fourth-order valence-corrected chi connectivity index (χ4v) is 4.28. The van der Waals surface area contributed by atoms with Crippen molar-refractivity contribution in [2.24, 2.45) is 5.92 Å². The van der Waals surface area contributed by atoms with Crippen LogP contribution in [0.4, 0.5) is 5.69 Å². The number of aryl methyl sites for hydroxylation is 1. The first-order valence-electron chi connectivity index (χ1n) is 9.98. The first-order valence-corrected chi connectivity index (χ1v) is 9.98. The van der Waals surface area contributed by atoms with Crippen molar-refractivity contribution in [2.75, 3.05) is 31.5 Å². The molecule has 5 nitrogen and oxygen atoms in total. The number of nitrogens with one attached hydrogen (secondary N) is 1. The van der Waals surface area contributed by atoms with Crippen molar-refractivity contribution in [3.63, 3.8) is 0 Å². The second-order valence-corrected chi connectivity index (χ2v) is 7.61. The molecule has 26 heavy (non-hydrogen) atoms. The smallest absolute Gasteiger partial charge is 0.242 e. The summed E-state index contributed by atoms with van der Waals surface area (Å²) in [6.45, 7) is 6.99. The number of nitrogens with zero attached hydrogens (tertiary/aromatic N) is 2. The highest BCUT2D eigenvalue weighted by Crippen LogP contribution is 2.31. The first-order chi connectivity index (χ1) is 12.6. The molecule has 142 valence electrons. The summed E-state index contributed by atoms with van der Waals surface area (Å²) in [7, 11) is 0.